The molecule has 21 heavy (non-hydrogen) atoms. The van der Waals surface area contributed by atoms with E-state index in [1.54, 1.807) is 0 Å². The maximum absolute atomic E-state index is 3.00. The van der Waals surface area contributed by atoms with Gasteiger partial charge in [-0.05, 0) is 31.7 Å². The SMILES string of the molecule is C=C.C=C.C[PH+](C)C.C[PH+](C)C.C[PH+](C)C.C[PH+](C)C.[Mo]. The summed E-state index contributed by atoms with van der Waals surface area (Å²) < 4.78 is 0. The van der Waals surface area contributed by atoms with Gasteiger partial charge in [0.15, 0.2) is 0 Å². The van der Waals surface area contributed by atoms with Crippen molar-refractivity contribution in [3.05, 3.63) is 26.3 Å². The number of rotatable bonds is 0. The van der Waals surface area contributed by atoms with Crippen LogP contribution in [0.15, 0.2) is 26.3 Å². The average Bonchev–Trinajstić information content (AvgIpc) is 2.19. The van der Waals surface area contributed by atoms with Crippen LogP contribution >= 0.6 is 31.7 Å². The van der Waals surface area contributed by atoms with Gasteiger partial charge in [-0.3, -0.25) is 0 Å². The first-order valence-electron chi connectivity index (χ1n) is 7.00. The van der Waals surface area contributed by atoms with Crippen molar-refractivity contribution in [3.8, 4) is 0 Å². The molecule has 0 saturated carbocycles. The van der Waals surface area contributed by atoms with Crippen molar-refractivity contribution >= 4 is 31.7 Å². The van der Waals surface area contributed by atoms with Gasteiger partial charge in [-0.1, -0.05) is 0 Å². The van der Waals surface area contributed by atoms with Gasteiger partial charge >= 0.3 is 0 Å². The molecule has 0 bridgehead atoms. The van der Waals surface area contributed by atoms with E-state index in [-0.39, 0.29) is 52.8 Å². The third kappa shape index (κ3) is 2430. The van der Waals surface area contributed by atoms with E-state index < -0.39 is 0 Å². The molecule has 0 aliphatic rings. The Morgan fingerprint density at radius 3 is 0.333 bits per heavy atom. The fraction of sp³-hybridized carbons (Fsp3) is 0.750. The van der Waals surface area contributed by atoms with Crippen molar-refractivity contribution in [1.82, 2.24) is 0 Å². The zero-order valence-corrected chi connectivity index (χ0v) is 23.2. The molecule has 0 nitrogen and oxygen atoms in total. The molecular weight excluding hydrogens is 412 g/mol. The summed E-state index contributed by atoms with van der Waals surface area (Å²) in [5.41, 5.74) is 0. The van der Waals surface area contributed by atoms with E-state index in [1.807, 2.05) is 0 Å². The second-order valence-electron chi connectivity index (χ2n) is 6.00. The second-order valence-corrected chi connectivity index (χ2v) is 18.0. The van der Waals surface area contributed by atoms with Crippen molar-refractivity contribution in [2.45, 2.75) is 0 Å². The summed E-state index contributed by atoms with van der Waals surface area (Å²) >= 11 is 0. The molecule has 134 valence electrons. The maximum atomic E-state index is 3.00. The minimum atomic E-state index is 0. The van der Waals surface area contributed by atoms with Gasteiger partial charge in [0.25, 0.3) is 0 Å². The monoisotopic (exact) mass is 462 g/mol. The fourth-order valence-electron chi connectivity index (χ4n) is 0. The average molecular weight is 460 g/mol. The largest absolute Gasteiger partial charge is 0.106 e. The molecule has 0 aliphatic carbocycles. The molecule has 0 saturated heterocycles. The molecule has 0 heterocycles. The molecule has 0 radical (unpaired) electrons. The van der Waals surface area contributed by atoms with E-state index in [2.05, 4.69) is 106 Å². The van der Waals surface area contributed by atoms with Gasteiger partial charge in [0.2, 0.25) is 0 Å². The Labute approximate surface area is 158 Å². The predicted molar refractivity (Wildman–Crippen MR) is 127 cm³/mol. The summed E-state index contributed by atoms with van der Waals surface area (Å²) in [6, 6.07) is 0. The number of hydrogen-bond acceptors (Lipinski definition) is 0. The van der Waals surface area contributed by atoms with E-state index in [4.69, 9.17) is 0 Å². The quantitative estimate of drug-likeness (QED) is 0.238. The van der Waals surface area contributed by atoms with Crippen LogP contribution in [0.4, 0.5) is 0 Å². The van der Waals surface area contributed by atoms with E-state index in [0.717, 1.165) is 0 Å². The van der Waals surface area contributed by atoms with Crippen LogP contribution in [-0.4, -0.2) is 80.0 Å². The summed E-state index contributed by atoms with van der Waals surface area (Å²) in [4.78, 5) is 0. The van der Waals surface area contributed by atoms with Crippen molar-refractivity contribution < 1.29 is 21.1 Å². The Morgan fingerprint density at radius 2 is 0.333 bits per heavy atom. The van der Waals surface area contributed by atoms with Crippen LogP contribution in [0.3, 0.4) is 0 Å². The third-order valence-electron chi connectivity index (χ3n) is 0. The van der Waals surface area contributed by atoms with Gasteiger partial charge < -0.3 is 0 Å². The minimum absolute atomic E-state index is 0. The molecule has 0 atom stereocenters. The van der Waals surface area contributed by atoms with Gasteiger partial charge in [0, 0.05) is 101 Å². The first-order chi connectivity index (χ1) is 8.93. The Morgan fingerprint density at radius 1 is 0.333 bits per heavy atom. The maximum Gasteiger partial charge on any atom is 0.0461 e. The summed E-state index contributed by atoms with van der Waals surface area (Å²) in [7, 11) is 0.481. The van der Waals surface area contributed by atoms with Crippen LogP contribution < -0.4 is 0 Å². The van der Waals surface area contributed by atoms with Crippen LogP contribution in [0.5, 0.6) is 0 Å². The van der Waals surface area contributed by atoms with Crippen LogP contribution in [0.2, 0.25) is 0 Å². The van der Waals surface area contributed by atoms with Gasteiger partial charge in [-0.25, -0.2) is 0 Å². The fourth-order valence-corrected chi connectivity index (χ4v) is 0. The Balaban J connectivity index is -0.0000000227. The second kappa shape index (κ2) is 49.5. The van der Waals surface area contributed by atoms with Crippen molar-refractivity contribution in [3.63, 3.8) is 0 Å². The first-order valence-corrected chi connectivity index (χ1v) is 19.0. The van der Waals surface area contributed by atoms with Gasteiger partial charge in [-0.15, -0.1) is 26.3 Å². The van der Waals surface area contributed by atoms with Crippen LogP contribution in [-0.2, 0) is 21.1 Å². The van der Waals surface area contributed by atoms with Gasteiger partial charge in [0.1, 0.15) is 0 Å². The van der Waals surface area contributed by atoms with Crippen molar-refractivity contribution in [2.24, 2.45) is 0 Å². The molecule has 5 heteroatoms. The molecular formula is C16H48MoP4+4. The smallest absolute Gasteiger partial charge is 0.0461 e. The molecule has 0 fully saturated rings. The van der Waals surface area contributed by atoms with E-state index in [9.17, 15) is 0 Å². The van der Waals surface area contributed by atoms with E-state index >= 15 is 0 Å². The Hall–Kier alpha value is 1.89. The Bertz CT molecular complexity index is 81.8. The van der Waals surface area contributed by atoms with Gasteiger partial charge in [-0.2, -0.15) is 0 Å². The Kier molecular flexibility index (Phi) is 102. The van der Waals surface area contributed by atoms with Crippen molar-refractivity contribution in [2.75, 3.05) is 80.0 Å². The van der Waals surface area contributed by atoms with Crippen LogP contribution in [0.25, 0.3) is 0 Å². The van der Waals surface area contributed by atoms with Crippen LogP contribution in [0.1, 0.15) is 0 Å². The molecule has 0 aromatic carbocycles. The summed E-state index contributed by atoms with van der Waals surface area (Å²) in [6.45, 7) is 39.2. The molecule has 0 aromatic rings. The summed E-state index contributed by atoms with van der Waals surface area (Å²) in [6.07, 6.45) is 0. The molecule has 0 rings (SSSR count). The van der Waals surface area contributed by atoms with E-state index in [1.165, 1.54) is 0 Å². The molecule has 0 aliphatic heterocycles. The van der Waals surface area contributed by atoms with Crippen molar-refractivity contribution in [1.29, 1.82) is 0 Å². The standard InChI is InChI=1S/4C3H9P.2C2H4.Mo/c4*1-4(2)3;2*1-2;/h4*1-3H3;2*1-2H2;/p+4. The molecule has 0 spiro atoms. The molecule has 0 aromatic heterocycles. The molecule has 0 unspecified atom stereocenters. The third-order valence-corrected chi connectivity index (χ3v) is 0. The summed E-state index contributed by atoms with van der Waals surface area (Å²) in [5, 5.41) is 0. The summed E-state index contributed by atoms with van der Waals surface area (Å²) in [5.74, 6) is 0. The van der Waals surface area contributed by atoms with Gasteiger partial charge in [0.05, 0.1) is 0 Å². The molecule has 0 amide bonds. The topological polar surface area (TPSA) is 0 Å². The minimum Gasteiger partial charge on any atom is -0.106 e. The normalized spacial score (nSPS) is 7.24. The van der Waals surface area contributed by atoms with Crippen LogP contribution in [0, 0.1) is 0 Å². The van der Waals surface area contributed by atoms with E-state index in [0.29, 0.717) is 0 Å². The zero-order valence-electron chi connectivity index (χ0n) is 17.2. The number of hydrogen-bond donors (Lipinski definition) is 0. The predicted octanol–water partition coefficient (Wildman–Crippen LogP) is 5.96. The molecule has 0 N–H and O–H groups in total. The first kappa shape index (κ1) is 43.4. The zero-order chi connectivity index (χ0) is 18.3.